The molecule has 4 nitrogen and oxygen atoms in total. The van der Waals surface area contributed by atoms with E-state index in [0.29, 0.717) is 0 Å². The highest BCUT2D eigenvalue weighted by Gasteiger charge is 2.44. The molecular formula is C34H36N4. The van der Waals surface area contributed by atoms with Crippen LogP contribution < -0.4 is 19.6 Å². The van der Waals surface area contributed by atoms with Gasteiger partial charge in [-0.05, 0) is 78.9 Å². The molecule has 1 aliphatic carbocycles. The molecule has 0 unspecified atom stereocenters. The van der Waals surface area contributed by atoms with E-state index in [4.69, 9.17) is 0 Å². The number of fused-ring (bicyclic) bond motifs is 5. The van der Waals surface area contributed by atoms with Crippen LogP contribution in [0.4, 0.5) is 34.1 Å². The van der Waals surface area contributed by atoms with Gasteiger partial charge in [-0.15, -0.1) is 0 Å². The first-order valence-electron chi connectivity index (χ1n) is 13.7. The Kier molecular flexibility index (Phi) is 4.76. The summed E-state index contributed by atoms with van der Waals surface area (Å²) in [6.07, 6.45) is 0.420. The quantitative estimate of drug-likeness (QED) is 0.275. The Bertz CT molecular complexity index is 1600. The van der Waals surface area contributed by atoms with E-state index in [-0.39, 0.29) is 17.7 Å². The van der Waals surface area contributed by atoms with Gasteiger partial charge >= 0.3 is 0 Å². The summed E-state index contributed by atoms with van der Waals surface area (Å²) in [4.78, 5) is 9.93. The summed E-state index contributed by atoms with van der Waals surface area (Å²) in [6, 6.07) is 29.1. The molecule has 0 bridgehead atoms. The smallest absolute Gasteiger partial charge is 0.103 e. The molecule has 4 aromatic carbocycles. The molecule has 0 spiro atoms. The molecule has 192 valence electrons. The van der Waals surface area contributed by atoms with Gasteiger partial charge in [-0.25, -0.2) is 0 Å². The Morgan fingerprint density at radius 3 is 1.74 bits per heavy atom. The highest BCUT2D eigenvalue weighted by atomic mass is 15.4. The van der Waals surface area contributed by atoms with Crippen LogP contribution in [0.15, 0.2) is 78.9 Å². The molecule has 38 heavy (non-hydrogen) atoms. The summed E-state index contributed by atoms with van der Waals surface area (Å²) in [7, 11) is 4.43. The first-order valence-corrected chi connectivity index (χ1v) is 13.7. The van der Waals surface area contributed by atoms with E-state index in [2.05, 4.69) is 147 Å². The predicted molar refractivity (Wildman–Crippen MR) is 162 cm³/mol. The van der Waals surface area contributed by atoms with Gasteiger partial charge in [0.1, 0.15) is 12.3 Å². The maximum atomic E-state index is 2.59. The van der Waals surface area contributed by atoms with Gasteiger partial charge in [-0.2, -0.15) is 0 Å². The Morgan fingerprint density at radius 1 is 0.605 bits per heavy atom. The number of nitrogens with zero attached hydrogens (tertiary/aromatic N) is 4. The van der Waals surface area contributed by atoms with E-state index in [1.165, 1.54) is 61.9 Å². The van der Waals surface area contributed by atoms with E-state index in [9.17, 15) is 0 Å². The molecule has 0 fully saturated rings. The van der Waals surface area contributed by atoms with Crippen LogP contribution in [0.3, 0.4) is 0 Å². The van der Waals surface area contributed by atoms with Crippen molar-refractivity contribution in [3.8, 4) is 11.1 Å². The number of para-hydroxylation sites is 4. The fourth-order valence-electron chi connectivity index (χ4n) is 7.27. The molecule has 0 amide bonds. The van der Waals surface area contributed by atoms with E-state index in [0.717, 1.165) is 0 Å². The summed E-state index contributed by atoms with van der Waals surface area (Å²) in [5.41, 5.74) is 14.5. The van der Waals surface area contributed by atoms with Gasteiger partial charge in [0.15, 0.2) is 0 Å². The van der Waals surface area contributed by atoms with Crippen LogP contribution in [0.25, 0.3) is 11.1 Å². The minimum absolute atomic E-state index is 0.105. The molecule has 0 radical (unpaired) electrons. The zero-order chi connectivity index (χ0) is 26.5. The van der Waals surface area contributed by atoms with Crippen molar-refractivity contribution in [2.75, 3.05) is 33.7 Å². The molecule has 4 aromatic rings. The summed E-state index contributed by atoms with van der Waals surface area (Å²) in [5, 5.41) is 0. The molecule has 2 heterocycles. The van der Waals surface area contributed by atoms with Crippen LogP contribution in [0, 0.1) is 6.92 Å². The lowest BCUT2D eigenvalue weighted by atomic mass is 9.80. The van der Waals surface area contributed by atoms with Crippen LogP contribution in [-0.2, 0) is 5.41 Å². The van der Waals surface area contributed by atoms with Crippen molar-refractivity contribution in [3.63, 3.8) is 0 Å². The second kappa shape index (κ2) is 7.80. The molecule has 2 aliphatic heterocycles. The third-order valence-electron chi connectivity index (χ3n) is 9.45. The van der Waals surface area contributed by atoms with Crippen molar-refractivity contribution in [2.45, 2.75) is 52.4 Å². The van der Waals surface area contributed by atoms with Crippen molar-refractivity contribution in [1.29, 1.82) is 0 Å². The third kappa shape index (κ3) is 2.81. The second-order valence-electron chi connectivity index (χ2n) is 11.7. The van der Waals surface area contributed by atoms with E-state index < -0.39 is 0 Å². The lowest BCUT2D eigenvalue weighted by molar-refractivity contribution is 0.650. The highest BCUT2D eigenvalue weighted by molar-refractivity contribution is 5.97. The molecule has 4 heteroatoms. The normalized spacial score (nSPS) is 20.5. The number of benzene rings is 4. The Labute approximate surface area is 226 Å². The largest absolute Gasteiger partial charge is 0.353 e. The molecule has 0 N–H and O–H groups in total. The summed E-state index contributed by atoms with van der Waals surface area (Å²) >= 11 is 0. The van der Waals surface area contributed by atoms with Gasteiger partial charge in [0, 0.05) is 25.2 Å². The molecule has 2 atom stereocenters. The van der Waals surface area contributed by atoms with Crippen LogP contribution in [0.2, 0.25) is 0 Å². The van der Waals surface area contributed by atoms with E-state index in [1.807, 2.05) is 0 Å². The van der Waals surface area contributed by atoms with Crippen molar-refractivity contribution >= 4 is 34.1 Å². The molecule has 0 saturated heterocycles. The van der Waals surface area contributed by atoms with E-state index >= 15 is 0 Å². The fraction of sp³-hybridized carbons (Fsp3) is 0.294. The van der Waals surface area contributed by atoms with Crippen LogP contribution in [-0.4, -0.2) is 26.4 Å². The lowest BCUT2D eigenvalue weighted by Gasteiger charge is -2.37. The first-order chi connectivity index (χ1) is 18.2. The second-order valence-corrected chi connectivity index (χ2v) is 11.7. The third-order valence-corrected chi connectivity index (χ3v) is 9.45. The standard InChI is InChI=1S/C34H36N4/c1-21-31(37-22(2)35(6)27-16-10-12-18-29(27)37)20-25-24-14-8-9-15-26(24)34(4,5)32(25)33(21)38-23(3)36(7)28-17-11-13-19-30(28)38/h8-20,22-23H,1-7H3/t22-,23+/m1/s1. The number of rotatable bonds is 2. The van der Waals surface area contributed by atoms with Crippen molar-refractivity contribution in [2.24, 2.45) is 0 Å². The first kappa shape index (κ1) is 23.2. The molecular weight excluding hydrogens is 464 g/mol. The SMILES string of the molecule is Cc1c(N2c3ccccc3N(C)[C@H]2C)cc2c(c1N1c3ccccc3N(C)[C@@H]1C)C(C)(C)c1ccccc1-2. The van der Waals surface area contributed by atoms with Crippen molar-refractivity contribution in [3.05, 3.63) is 95.6 Å². The van der Waals surface area contributed by atoms with Crippen molar-refractivity contribution < 1.29 is 0 Å². The van der Waals surface area contributed by atoms with Gasteiger partial charge in [0.05, 0.1) is 28.4 Å². The molecule has 7 rings (SSSR count). The highest BCUT2D eigenvalue weighted by Crippen LogP contribution is 2.59. The maximum absolute atomic E-state index is 2.59. The van der Waals surface area contributed by atoms with Crippen molar-refractivity contribution in [1.82, 2.24) is 0 Å². The average Bonchev–Trinajstić information content (AvgIpc) is 3.42. The molecule has 3 aliphatic rings. The number of hydrogen-bond donors (Lipinski definition) is 0. The summed E-state index contributed by atoms with van der Waals surface area (Å²) in [5.74, 6) is 0. The fourth-order valence-corrected chi connectivity index (χ4v) is 7.27. The number of hydrogen-bond acceptors (Lipinski definition) is 4. The lowest BCUT2D eigenvalue weighted by Crippen LogP contribution is -2.38. The van der Waals surface area contributed by atoms with Gasteiger partial charge in [-0.3, -0.25) is 0 Å². The van der Waals surface area contributed by atoms with Gasteiger partial charge < -0.3 is 19.6 Å². The average molecular weight is 501 g/mol. The Hall–Kier alpha value is -3.92. The topological polar surface area (TPSA) is 13.0 Å². The maximum Gasteiger partial charge on any atom is 0.103 e. The monoisotopic (exact) mass is 500 g/mol. The van der Waals surface area contributed by atoms with Crippen LogP contribution in [0.5, 0.6) is 0 Å². The minimum atomic E-state index is -0.105. The summed E-state index contributed by atoms with van der Waals surface area (Å²) < 4.78 is 0. The van der Waals surface area contributed by atoms with Crippen LogP contribution in [0.1, 0.15) is 44.4 Å². The van der Waals surface area contributed by atoms with E-state index in [1.54, 1.807) is 0 Å². The molecule has 0 aromatic heterocycles. The minimum Gasteiger partial charge on any atom is -0.353 e. The van der Waals surface area contributed by atoms with Gasteiger partial charge in [-0.1, -0.05) is 62.4 Å². The van der Waals surface area contributed by atoms with Gasteiger partial charge in [0.25, 0.3) is 0 Å². The summed E-state index contributed by atoms with van der Waals surface area (Å²) in [6.45, 7) is 11.8. The number of anilines is 6. The predicted octanol–water partition coefficient (Wildman–Crippen LogP) is 8.17. The Morgan fingerprint density at radius 2 is 1.11 bits per heavy atom. The Balaban J connectivity index is 1.57. The van der Waals surface area contributed by atoms with Crippen LogP contribution >= 0.6 is 0 Å². The zero-order valence-electron chi connectivity index (χ0n) is 23.4. The zero-order valence-corrected chi connectivity index (χ0v) is 23.4. The molecule has 0 saturated carbocycles. The van der Waals surface area contributed by atoms with Gasteiger partial charge in [0.2, 0.25) is 0 Å².